The number of ether oxygens (including phenoxy) is 1. The van der Waals surface area contributed by atoms with Gasteiger partial charge in [-0.25, -0.2) is 0 Å². The Morgan fingerprint density at radius 1 is 1.60 bits per heavy atom. The molecule has 0 aromatic heterocycles. The largest absolute Gasteiger partial charge is 0.380 e. The zero-order valence-corrected chi connectivity index (χ0v) is 10.3. The molecule has 1 aliphatic rings. The van der Waals surface area contributed by atoms with Gasteiger partial charge in [0.15, 0.2) is 0 Å². The molecule has 1 atom stereocenters. The van der Waals surface area contributed by atoms with Gasteiger partial charge in [-0.15, -0.1) is 0 Å². The van der Waals surface area contributed by atoms with E-state index >= 15 is 0 Å². The molecule has 1 N–H and O–H groups in total. The Labute approximate surface area is 93.5 Å². The Hall–Kier alpha value is -0.380. The molecule has 0 aromatic carbocycles. The molecule has 0 aliphatic carbocycles. The van der Waals surface area contributed by atoms with Gasteiger partial charge in [0.25, 0.3) is 0 Å². The van der Waals surface area contributed by atoms with Crippen molar-refractivity contribution in [3.8, 4) is 0 Å². The quantitative estimate of drug-likeness (QED) is 0.671. The maximum Gasteiger partial charge on any atom is 0.0710 e. The van der Waals surface area contributed by atoms with Crippen LogP contribution < -0.4 is 5.32 Å². The highest BCUT2D eigenvalue weighted by Gasteiger charge is 2.21. The van der Waals surface area contributed by atoms with E-state index in [1.54, 1.807) is 7.11 Å². The normalized spacial score (nSPS) is 22.5. The SMILES string of the molecule is C=C(CNC(C)C)CN1CCC(OC)C1. The highest BCUT2D eigenvalue weighted by atomic mass is 16.5. The molecule has 0 saturated carbocycles. The van der Waals surface area contributed by atoms with E-state index in [4.69, 9.17) is 4.74 Å². The number of nitrogens with one attached hydrogen (secondary N) is 1. The van der Waals surface area contributed by atoms with Crippen molar-refractivity contribution < 1.29 is 4.74 Å². The fourth-order valence-electron chi connectivity index (χ4n) is 1.85. The van der Waals surface area contributed by atoms with Crippen LogP contribution >= 0.6 is 0 Å². The smallest absolute Gasteiger partial charge is 0.0710 e. The lowest BCUT2D eigenvalue weighted by molar-refractivity contribution is 0.109. The van der Waals surface area contributed by atoms with E-state index in [1.807, 2.05) is 0 Å². The molecule has 1 saturated heterocycles. The Kier molecular flexibility index (Phi) is 5.29. The summed E-state index contributed by atoms with van der Waals surface area (Å²) < 4.78 is 5.33. The topological polar surface area (TPSA) is 24.5 Å². The number of hydrogen-bond donors (Lipinski definition) is 1. The van der Waals surface area contributed by atoms with Crippen LogP contribution in [0.5, 0.6) is 0 Å². The van der Waals surface area contributed by atoms with Gasteiger partial charge in [0.1, 0.15) is 0 Å². The van der Waals surface area contributed by atoms with Crippen LogP contribution in [0.4, 0.5) is 0 Å². The van der Waals surface area contributed by atoms with Crippen LogP contribution in [0.3, 0.4) is 0 Å². The zero-order valence-electron chi connectivity index (χ0n) is 10.3. The maximum atomic E-state index is 5.33. The van der Waals surface area contributed by atoms with E-state index in [0.29, 0.717) is 12.1 Å². The van der Waals surface area contributed by atoms with Gasteiger partial charge in [-0.3, -0.25) is 4.90 Å². The molecular weight excluding hydrogens is 188 g/mol. The summed E-state index contributed by atoms with van der Waals surface area (Å²) in [4.78, 5) is 2.42. The predicted molar refractivity (Wildman–Crippen MR) is 64.1 cm³/mol. The number of likely N-dealkylation sites (tertiary alicyclic amines) is 1. The molecule has 0 bridgehead atoms. The van der Waals surface area contributed by atoms with Crippen molar-refractivity contribution in [3.63, 3.8) is 0 Å². The molecular formula is C12H24N2O. The average Bonchev–Trinajstić information content (AvgIpc) is 2.62. The van der Waals surface area contributed by atoms with Crippen LogP contribution in [0.15, 0.2) is 12.2 Å². The van der Waals surface area contributed by atoms with Crippen LogP contribution in [0, 0.1) is 0 Å². The van der Waals surface area contributed by atoms with Crippen molar-refractivity contribution in [2.24, 2.45) is 0 Å². The first-order valence-corrected chi connectivity index (χ1v) is 5.77. The van der Waals surface area contributed by atoms with Gasteiger partial charge in [-0.05, 0) is 12.0 Å². The number of nitrogens with zero attached hydrogens (tertiary/aromatic N) is 1. The number of methoxy groups -OCH3 is 1. The summed E-state index contributed by atoms with van der Waals surface area (Å²) in [7, 11) is 1.79. The molecule has 3 heteroatoms. The highest BCUT2D eigenvalue weighted by molar-refractivity contribution is 5.01. The summed E-state index contributed by atoms with van der Waals surface area (Å²) in [5, 5.41) is 3.39. The Morgan fingerprint density at radius 3 is 2.87 bits per heavy atom. The molecule has 0 aromatic rings. The van der Waals surface area contributed by atoms with Gasteiger partial charge in [-0.1, -0.05) is 20.4 Å². The summed E-state index contributed by atoms with van der Waals surface area (Å²) in [5.41, 5.74) is 1.26. The second kappa shape index (κ2) is 6.26. The minimum atomic E-state index is 0.427. The van der Waals surface area contributed by atoms with Crippen molar-refractivity contribution >= 4 is 0 Å². The molecule has 1 fully saturated rings. The number of hydrogen-bond acceptors (Lipinski definition) is 3. The molecule has 3 nitrogen and oxygen atoms in total. The van der Waals surface area contributed by atoms with E-state index in [2.05, 4.69) is 30.6 Å². The second-order valence-corrected chi connectivity index (χ2v) is 4.67. The van der Waals surface area contributed by atoms with Crippen LogP contribution in [0.1, 0.15) is 20.3 Å². The Morgan fingerprint density at radius 2 is 2.33 bits per heavy atom. The van der Waals surface area contributed by atoms with Crippen molar-refractivity contribution in [1.82, 2.24) is 10.2 Å². The summed E-state index contributed by atoms with van der Waals surface area (Å²) in [6.07, 6.45) is 1.58. The Balaban J connectivity index is 2.16. The van der Waals surface area contributed by atoms with Crippen LogP contribution in [-0.4, -0.2) is 50.3 Å². The van der Waals surface area contributed by atoms with E-state index in [1.165, 1.54) is 5.57 Å². The third-order valence-electron chi connectivity index (χ3n) is 2.77. The average molecular weight is 212 g/mol. The minimum absolute atomic E-state index is 0.427. The Bertz CT molecular complexity index is 204. The molecule has 0 spiro atoms. The lowest BCUT2D eigenvalue weighted by Gasteiger charge is -2.18. The second-order valence-electron chi connectivity index (χ2n) is 4.67. The third-order valence-corrected chi connectivity index (χ3v) is 2.77. The monoisotopic (exact) mass is 212 g/mol. The van der Waals surface area contributed by atoms with E-state index in [9.17, 15) is 0 Å². The van der Waals surface area contributed by atoms with Gasteiger partial charge < -0.3 is 10.1 Å². The van der Waals surface area contributed by atoms with Crippen molar-refractivity contribution in [2.45, 2.75) is 32.4 Å². The summed E-state index contributed by atoms with van der Waals surface area (Å²) in [5.74, 6) is 0. The molecule has 88 valence electrons. The van der Waals surface area contributed by atoms with Gasteiger partial charge in [-0.2, -0.15) is 0 Å². The van der Waals surface area contributed by atoms with Gasteiger partial charge in [0.2, 0.25) is 0 Å². The van der Waals surface area contributed by atoms with E-state index in [-0.39, 0.29) is 0 Å². The van der Waals surface area contributed by atoms with Crippen LogP contribution in [-0.2, 0) is 4.74 Å². The minimum Gasteiger partial charge on any atom is -0.380 e. The predicted octanol–water partition coefficient (Wildman–Crippen LogP) is 1.26. The third kappa shape index (κ3) is 4.78. The van der Waals surface area contributed by atoms with Crippen LogP contribution in [0.25, 0.3) is 0 Å². The molecule has 15 heavy (non-hydrogen) atoms. The number of rotatable bonds is 6. The summed E-state index contributed by atoms with van der Waals surface area (Å²) >= 11 is 0. The van der Waals surface area contributed by atoms with Gasteiger partial charge in [0, 0.05) is 39.3 Å². The fraction of sp³-hybridized carbons (Fsp3) is 0.833. The molecule has 0 radical (unpaired) electrons. The van der Waals surface area contributed by atoms with E-state index < -0.39 is 0 Å². The first-order valence-electron chi connectivity index (χ1n) is 5.77. The lowest BCUT2D eigenvalue weighted by Crippen LogP contribution is -2.31. The van der Waals surface area contributed by atoms with Gasteiger partial charge in [0.05, 0.1) is 6.10 Å². The zero-order chi connectivity index (χ0) is 11.3. The molecule has 1 rings (SSSR count). The molecule has 1 unspecified atom stereocenters. The summed E-state index contributed by atoms with van der Waals surface area (Å²) in [6, 6.07) is 0.534. The highest BCUT2D eigenvalue weighted by Crippen LogP contribution is 2.12. The van der Waals surface area contributed by atoms with Crippen molar-refractivity contribution in [1.29, 1.82) is 0 Å². The van der Waals surface area contributed by atoms with Crippen molar-refractivity contribution in [3.05, 3.63) is 12.2 Å². The molecule has 1 aliphatic heterocycles. The molecule has 0 amide bonds. The van der Waals surface area contributed by atoms with Gasteiger partial charge >= 0.3 is 0 Å². The lowest BCUT2D eigenvalue weighted by atomic mass is 10.2. The standard InChI is InChI=1S/C12H24N2O/c1-10(2)13-7-11(3)8-14-6-5-12(9-14)15-4/h10,12-13H,3,5-9H2,1-2,4H3. The van der Waals surface area contributed by atoms with E-state index in [0.717, 1.165) is 32.6 Å². The summed E-state index contributed by atoms with van der Waals surface area (Å²) in [6.45, 7) is 12.5. The van der Waals surface area contributed by atoms with Crippen LogP contribution in [0.2, 0.25) is 0 Å². The molecule has 1 heterocycles. The maximum absolute atomic E-state index is 5.33. The first kappa shape index (κ1) is 12.7. The fourth-order valence-corrected chi connectivity index (χ4v) is 1.85. The van der Waals surface area contributed by atoms with Crippen molar-refractivity contribution in [2.75, 3.05) is 33.3 Å². The first-order chi connectivity index (χ1) is 7.11.